The van der Waals surface area contributed by atoms with Gasteiger partial charge in [-0.15, -0.1) is 5.10 Å². The van der Waals surface area contributed by atoms with Crippen molar-refractivity contribution in [3.05, 3.63) is 18.3 Å². The van der Waals surface area contributed by atoms with Crippen LogP contribution in [0, 0.1) is 0 Å². The summed E-state index contributed by atoms with van der Waals surface area (Å²) in [5.74, 6) is 1.82. The summed E-state index contributed by atoms with van der Waals surface area (Å²) < 4.78 is 24.2. The summed E-state index contributed by atoms with van der Waals surface area (Å²) in [5, 5.41) is 12.3. The summed E-state index contributed by atoms with van der Waals surface area (Å²) >= 11 is 0. The molecule has 0 saturated carbocycles. The number of hydrogen-bond acceptors (Lipinski definition) is 7. The van der Waals surface area contributed by atoms with Crippen LogP contribution in [0.15, 0.2) is 18.3 Å². The molecule has 1 aromatic carbocycles. The molecule has 8 heteroatoms. The number of carbonyl (C=O) groups excluding carboxylic acids is 1. The second-order valence-corrected chi connectivity index (χ2v) is 6.01. The fourth-order valence-electron chi connectivity index (χ4n) is 3.09. The number of nitrogens with zero attached hydrogens (tertiary/aromatic N) is 3. The number of amides is 1. The largest absolute Gasteiger partial charge is 0.493 e. The maximum atomic E-state index is 11.6. The molecule has 0 bridgehead atoms. The van der Waals surface area contributed by atoms with E-state index in [0.29, 0.717) is 55.2 Å². The van der Waals surface area contributed by atoms with Crippen LogP contribution in [-0.2, 0) is 4.74 Å². The monoisotopic (exact) mass is 361 g/mol. The van der Waals surface area contributed by atoms with E-state index in [-0.39, 0.29) is 18.4 Å². The van der Waals surface area contributed by atoms with E-state index in [0.717, 1.165) is 5.39 Å². The zero-order valence-corrected chi connectivity index (χ0v) is 15.2. The number of piperidine rings is 1. The Morgan fingerprint density at radius 3 is 2.65 bits per heavy atom. The minimum absolute atomic E-state index is 0.0872. The third kappa shape index (κ3) is 3.74. The van der Waals surface area contributed by atoms with Crippen LogP contribution in [0.4, 0.5) is 10.6 Å². The molecule has 0 unspecified atom stereocenters. The first-order chi connectivity index (χ1) is 13.1. The first-order valence-electron chi connectivity index (χ1n) is 9.15. The molecule has 0 aliphatic carbocycles. The Labute approximate surface area is 153 Å². The van der Waals surface area contributed by atoms with Gasteiger partial charge in [0.25, 0.3) is 0 Å². The van der Waals surface area contributed by atoms with Gasteiger partial charge in [0.15, 0.2) is 17.3 Å². The van der Waals surface area contributed by atoms with Crippen molar-refractivity contribution in [2.75, 3.05) is 38.8 Å². The van der Waals surface area contributed by atoms with Crippen molar-refractivity contribution in [2.24, 2.45) is 0 Å². The van der Waals surface area contributed by atoms with Gasteiger partial charge in [0.05, 0.1) is 21.8 Å². The van der Waals surface area contributed by atoms with Gasteiger partial charge < -0.3 is 24.4 Å². The minimum Gasteiger partial charge on any atom is -0.493 e. The number of nitrogens with one attached hydrogen (secondary N) is 1. The molecule has 26 heavy (non-hydrogen) atoms. The SMILES string of the molecule is [2H]c1nnc(N2CCC(OC(=O)NCC)CC2)c2cc(OC)c(OC)cc12. The standard InChI is InChI=1S/C18H24N4O4/c1-4-19-18(23)26-13-5-7-22(8-6-13)17-14-10-16(25-3)15(24-2)9-12(14)11-20-21-17/h9-11,13H,4-8H2,1-3H3,(H,19,23)/i11D. The minimum atomic E-state index is -0.378. The van der Waals surface area contributed by atoms with Gasteiger partial charge in [0.1, 0.15) is 6.10 Å². The van der Waals surface area contributed by atoms with Crippen molar-refractivity contribution in [2.45, 2.75) is 25.9 Å². The summed E-state index contributed by atoms with van der Waals surface area (Å²) in [5.41, 5.74) is 0. The van der Waals surface area contributed by atoms with E-state index >= 15 is 0 Å². The number of anilines is 1. The summed E-state index contributed by atoms with van der Waals surface area (Å²) in [6.07, 6.45) is 1.00. The van der Waals surface area contributed by atoms with Gasteiger partial charge in [0, 0.05) is 43.2 Å². The maximum Gasteiger partial charge on any atom is 0.407 e. The van der Waals surface area contributed by atoms with Crippen molar-refractivity contribution in [3.8, 4) is 11.5 Å². The van der Waals surface area contributed by atoms with Gasteiger partial charge >= 0.3 is 6.09 Å². The first kappa shape index (κ1) is 16.7. The Hall–Kier alpha value is -2.77. The van der Waals surface area contributed by atoms with Gasteiger partial charge in [-0.05, 0) is 19.1 Å². The average Bonchev–Trinajstić information content (AvgIpc) is 2.68. The number of carbonyl (C=O) groups is 1. The molecule has 1 amide bonds. The van der Waals surface area contributed by atoms with Crippen molar-refractivity contribution in [1.29, 1.82) is 0 Å². The molecule has 1 N–H and O–H groups in total. The van der Waals surface area contributed by atoms with Gasteiger partial charge in [-0.2, -0.15) is 5.10 Å². The van der Waals surface area contributed by atoms with Crippen molar-refractivity contribution in [1.82, 2.24) is 15.5 Å². The molecular weight excluding hydrogens is 336 g/mol. The van der Waals surface area contributed by atoms with E-state index in [4.69, 9.17) is 15.6 Å². The number of alkyl carbamates (subject to hydrolysis) is 1. The predicted octanol–water partition coefficient (Wildman–Crippen LogP) is 2.36. The number of benzene rings is 1. The van der Waals surface area contributed by atoms with Gasteiger partial charge in [0.2, 0.25) is 0 Å². The molecule has 1 aliphatic rings. The number of methoxy groups -OCH3 is 2. The van der Waals surface area contributed by atoms with E-state index in [9.17, 15) is 4.79 Å². The quantitative estimate of drug-likeness (QED) is 0.875. The fraction of sp³-hybridized carbons (Fsp3) is 0.500. The van der Waals surface area contributed by atoms with Crippen molar-refractivity contribution in [3.63, 3.8) is 0 Å². The lowest BCUT2D eigenvalue weighted by Gasteiger charge is -2.32. The first-order valence-corrected chi connectivity index (χ1v) is 8.65. The summed E-state index contributed by atoms with van der Waals surface area (Å²) in [7, 11) is 3.13. The van der Waals surface area contributed by atoms with Crippen LogP contribution in [-0.4, -0.2) is 56.2 Å². The Morgan fingerprint density at radius 1 is 1.31 bits per heavy atom. The number of rotatable bonds is 5. The zero-order valence-electron chi connectivity index (χ0n) is 16.2. The van der Waals surface area contributed by atoms with Crippen LogP contribution in [0.3, 0.4) is 0 Å². The highest BCUT2D eigenvalue weighted by molar-refractivity contribution is 5.94. The molecule has 8 nitrogen and oxygen atoms in total. The summed E-state index contributed by atoms with van der Waals surface area (Å²) in [6.45, 7) is 3.76. The second-order valence-electron chi connectivity index (χ2n) is 6.01. The lowest BCUT2D eigenvalue weighted by molar-refractivity contribution is 0.0836. The number of hydrogen-bond donors (Lipinski definition) is 1. The highest BCUT2D eigenvalue weighted by atomic mass is 16.6. The molecule has 1 saturated heterocycles. The Kier molecular flexibility index (Phi) is 5.18. The maximum absolute atomic E-state index is 11.6. The molecule has 2 heterocycles. The van der Waals surface area contributed by atoms with Crippen LogP contribution in [0.5, 0.6) is 11.5 Å². The smallest absolute Gasteiger partial charge is 0.407 e. The molecule has 3 rings (SSSR count). The molecule has 1 aliphatic heterocycles. The zero-order chi connectivity index (χ0) is 19.4. The van der Waals surface area contributed by atoms with Gasteiger partial charge in [-0.1, -0.05) is 0 Å². The van der Waals surface area contributed by atoms with Crippen LogP contribution in [0.1, 0.15) is 21.1 Å². The molecule has 0 radical (unpaired) electrons. The third-order valence-electron chi connectivity index (χ3n) is 4.42. The molecule has 2 aromatic rings. The van der Waals surface area contributed by atoms with Crippen LogP contribution in [0.2, 0.25) is 0 Å². The van der Waals surface area contributed by atoms with E-state index in [1.807, 2.05) is 13.0 Å². The molecule has 1 fully saturated rings. The summed E-state index contributed by atoms with van der Waals surface area (Å²) in [4.78, 5) is 13.7. The highest BCUT2D eigenvalue weighted by Crippen LogP contribution is 2.35. The lowest BCUT2D eigenvalue weighted by Crippen LogP contribution is -2.40. The molecule has 0 spiro atoms. The Balaban J connectivity index is 1.83. The topological polar surface area (TPSA) is 85.8 Å². The van der Waals surface area contributed by atoms with Crippen LogP contribution in [0.25, 0.3) is 10.8 Å². The normalized spacial score (nSPS) is 15.5. The van der Waals surface area contributed by atoms with Gasteiger partial charge in [-0.25, -0.2) is 4.79 Å². The molecule has 140 valence electrons. The van der Waals surface area contributed by atoms with Crippen molar-refractivity contribution >= 4 is 22.7 Å². The summed E-state index contributed by atoms with van der Waals surface area (Å²) in [6, 6.07) is 3.58. The average molecular weight is 361 g/mol. The number of ether oxygens (including phenoxy) is 3. The van der Waals surface area contributed by atoms with Crippen molar-refractivity contribution < 1.29 is 20.4 Å². The van der Waals surface area contributed by atoms with E-state index in [1.165, 1.54) is 0 Å². The fourth-order valence-corrected chi connectivity index (χ4v) is 3.09. The third-order valence-corrected chi connectivity index (χ3v) is 4.42. The van der Waals surface area contributed by atoms with Gasteiger partial charge in [-0.3, -0.25) is 0 Å². The van der Waals surface area contributed by atoms with E-state index in [2.05, 4.69) is 20.4 Å². The van der Waals surface area contributed by atoms with Crippen LogP contribution >= 0.6 is 0 Å². The van der Waals surface area contributed by atoms with Crippen LogP contribution < -0.4 is 19.7 Å². The Bertz CT molecular complexity index is 825. The Morgan fingerprint density at radius 2 is 2.00 bits per heavy atom. The van der Waals surface area contributed by atoms with E-state index in [1.54, 1.807) is 20.3 Å². The predicted molar refractivity (Wildman–Crippen MR) is 98.0 cm³/mol. The molecule has 0 atom stereocenters. The molecular formula is C18H24N4O4. The number of aromatic nitrogens is 2. The highest BCUT2D eigenvalue weighted by Gasteiger charge is 2.24. The lowest BCUT2D eigenvalue weighted by atomic mass is 10.1. The number of fused-ring (bicyclic) bond motifs is 1. The molecule has 1 aromatic heterocycles. The second kappa shape index (κ2) is 8.07. The van der Waals surface area contributed by atoms with E-state index < -0.39 is 0 Å².